The third-order valence-corrected chi connectivity index (χ3v) is 3.40. The van der Waals surface area contributed by atoms with Crippen molar-refractivity contribution >= 4 is 0 Å². The zero-order valence-electron chi connectivity index (χ0n) is 9.95. The van der Waals surface area contributed by atoms with Gasteiger partial charge in [0.25, 0.3) is 0 Å². The highest BCUT2D eigenvalue weighted by Crippen LogP contribution is 2.32. The van der Waals surface area contributed by atoms with Gasteiger partial charge in [-0.1, -0.05) is 6.92 Å². The number of nitrogens with one attached hydrogen (secondary N) is 1. The lowest BCUT2D eigenvalue weighted by Gasteiger charge is -2.42. The van der Waals surface area contributed by atoms with Crippen molar-refractivity contribution in [1.29, 1.82) is 0 Å². The quantitative estimate of drug-likeness (QED) is 0.572. The Morgan fingerprint density at radius 3 is 2.60 bits per heavy atom. The summed E-state index contributed by atoms with van der Waals surface area (Å²) in [6, 6.07) is 2.01. The highest BCUT2D eigenvalue weighted by Gasteiger charge is 2.35. The lowest BCUT2D eigenvalue weighted by Crippen LogP contribution is -2.52. The van der Waals surface area contributed by atoms with Gasteiger partial charge < -0.3 is 9.32 Å². The molecule has 4 heteroatoms. The smallest absolute Gasteiger partial charge is 0.0951 e. The second kappa shape index (κ2) is 4.79. The summed E-state index contributed by atoms with van der Waals surface area (Å²) in [4.78, 5) is 2.19. The van der Waals surface area contributed by atoms with Crippen molar-refractivity contribution in [2.45, 2.75) is 31.8 Å². The van der Waals surface area contributed by atoms with Gasteiger partial charge in [-0.15, -0.1) is 0 Å². The van der Waals surface area contributed by atoms with E-state index in [2.05, 4.69) is 38.3 Å². The summed E-state index contributed by atoms with van der Waals surface area (Å²) in [7, 11) is 4.13. The molecular formula is C11H21N3O. The molecule has 86 valence electrons. The number of hydrogen-bond donors (Lipinski definition) is 2. The molecule has 1 aromatic heterocycles. The van der Waals surface area contributed by atoms with Crippen LogP contribution in [0.15, 0.2) is 23.0 Å². The monoisotopic (exact) mass is 211 g/mol. The average Bonchev–Trinajstić information content (AvgIpc) is 2.71. The second-order valence-electron chi connectivity index (χ2n) is 4.26. The Kier molecular flexibility index (Phi) is 3.90. The number of nitrogens with two attached hydrogens (primary N) is 1. The molecule has 0 aliphatic rings. The molecule has 0 aliphatic carbocycles. The molecule has 1 heterocycles. The van der Waals surface area contributed by atoms with Crippen molar-refractivity contribution in [2.24, 2.45) is 5.84 Å². The third-order valence-electron chi connectivity index (χ3n) is 3.40. The predicted octanol–water partition coefficient (Wildman–Crippen LogP) is 1.51. The maximum absolute atomic E-state index is 5.65. The van der Waals surface area contributed by atoms with Gasteiger partial charge in [-0.2, -0.15) is 0 Å². The van der Waals surface area contributed by atoms with Crippen LogP contribution in [0.3, 0.4) is 0 Å². The number of likely N-dealkylation sites (N-methyl/N-ethyl adjacent to an activating group) is 1. The zero-order chi connectivity index (χ0) is 11.5. The number of hydrazine groups is 1. The largest absolute Gasteiger partial charge is 0.472 e. The van der Waals surface area contributed by atoms with Gasteiger partial charge in [0.05, 0.1) is 18.6 Å². The van der Waals surface area contributed by atoms with E-state index in [-0.39, 0.29) is 11.6 Å². The molecule has 4 nitrogen and oxygen atoms in total. The molecule has 0 amide bonds. The molecule has 0 radical (unpaired) electrons. The molecule has 2 unspecified atom stereocenters. The molecule has 0 aromatic carbocycles. The van der Waals surface area contributed by atoms with Crippen LogP contribution in [0.5, 0.6) is 0 Å². The fourth-order valence-corrected chi connectivity index (χ4v) is 1.85. The van der Waals surface area contributed by atoms with E-state index in [4.69, 9.17) is 10.3 Å². The number of hydrogen-bond acceptors (Lipinski definition) is 4. The summed E-state index contributed by atoms with van der Waals surface area (Å²) >= 11 is 0. The minimum atomic E-state index is -0.0291. The van der Waals surface area contributed by atoms with Gasteiger partial charge >= 0.3 is 0 Å². The molecule has 0 aliphatic heterocycles. The summed E-state index contributed by atoms with van der Waals surface area (Å²) in [5.41, 5.74) is 3.93. The number of rotatable bonds is 5. The standard InChI is InChI=1S/C11H21N3O/c1-5-11(2,14(3)4)10(13-12)9-6-7-15-8-9/h6-8,10,13H,5,12H2,1-4H3. The number of furan rings is 1. The van der Waals surface area contributed by atoms with E-state index in [9.17, 15) is 0 Å². The fraction of sp³-hybridized carbons (Fsp3) is 0.636. The van der Waals surface area contributed by atoms with E-state index in [1.807, 2.05) is 6.07 Å². The Morgan fingerprint density at radius 1 is 1.60 bits per heavy atom. The van der Waals surface area contributed by atoms with E-state index in [0.717, 1.165) is 12.0 Å². The van der Waals surface area contributed by atoms with E-state index >= 15 is 0 Å². The lowest BCUT2D eigenvalue weighted by atomic mass is 9.85. The molecule has 0 saturated carbocycles. The molecule has 0 saturated heterocycles. The van der Waals surface area contributed by atoms with Crippen LogP contribution in [0.2, 0.25) is 0 Å². The molecule has 1 aromatic rings. The maximum Gasteiger partial charge on any atom is 0.0951 e. The topological polar surface area (TPSA) is 54.4 Å². The Bertz CT molecular complexity index is 284. The summed E-state index contributed by atoms with van der Waals surface area (Å²) in [6.07, 6.45) is 4.41. The SMILES string of the molecule is CCC(C)(C(NN)c1ccoc1)N(C)C. The summed E-state index contributed by atoms with van der Waals surface area (Å²) in [6.45, 7) is 4.34. The van der Waals surface area contributed by atoms with Gasteiger partial charge in [0.15, 0.2) is 0 Å². The summed E-state index contributed by atoms with van der Waals surface area (Å²) in [5, 5.41) is 0. The van der Waals surface area contributed by atoms with Gasteiger partial charge in [0.1, 0.15) is 0 Å². The van der Waals surface area contributed by atoms with Crippen molar-refractivity contribution in [3.05, 3.63) is 24.2 Å². The second-order valence-corrected chi connectivity index (χ2v) is 4.26. The maximum atomic E-state index is 5.65. The molecule has 2 atom stereocenters. The first-order valence-corrected chi connectivity index (χ1v) is 5.22. The van der Waals surface area contributed by atoms with Crippen LogP contribution < -0.4 is 11.3 Å². The number of nitrogens with zero attached hydrogens (tertiary/aromatic N) is 1. The lowest BCUT2D eigenvalue weighted by molar-refractivity contribution is 0.112. The highest BCUT2D eigenvalue weighted by molar-refractivity contribution is 5.17. The van der Waals surface area contributed by atoms with Crippen molar-refractivity contribution in [1.82, 2.24) is 10.3 Å². The van der Waals surface area contributed by atoms with Gasteiger partial charge in [-0.3, -0.25) is 11.3 Å². The Hall–Kier alpha value is -0.840. The van der Waals surface area contributed by atoms with Crippen LogP contribution in [-0.4, -0.2) is 24.5 Å². The van der Waals surface area contributed by atoms with Crippen molar-refractivity contribution in [3.8, 4) is 0 Å². The van der Waals surface area contributed by atoms with Crippen LogP contribution in [0.25, 0.3) is 0 Å². The molecular weight excluding hydrogens is 190 g/mol. The highest BCUT2D eigenvalue weighted by atomic mass is 16.3. The van der Waals surface area contributed by atoms with Crippen LogP contribution in [0, 0.1) is 0 Å². The van der Waals surface area contributed by atoms with Gasteiger partial charge in [0.2, 0.25) is 0 Å². The first-order valence-electron chi connectivity index (χ1n) is 5.22. The van der Waals surface area contributed by atoms with E-state index in [0.29, 0.717) is 0 Å². The summed E-state index contributed by atoms with van der Waals surface area (Å²) < 4.78 is 5.10. The fourth-order valence-electron chi connectivity index (χ4n) is 1.85. The van der Waals surface area contributed by atoms with Crippen molar-refractivity contribution in [2.75, 3.05) is 14.1 Å². The normalized spacial score (nSPS) is 17.7. The van der Waals surface area contributed by atoms with Crippen LogP contribution in [0.1, 0.15) is 31.9 Å². The molecule has 3 N–H and O–H groups in total. The van der Waals surface area contributed by atoms with Crippen LogP contribution in [0.4, 0.5) is 0 Å². The first-order chi connectivity index (χ1) is 7.06. The Labute approximate surface area is 91.4 Å². The van der Waals surface area contributed by atoms with Crippen LogP contribution >= 0.6 is 0 Å². The minimum absolute atomic E-state index is 0.0291. The van der Waals surface area contributed by atoms with Crippen LogP contribution in [-0.2, 0) is 0 Å². The molecule has 0 bridgehead atoms. The minimum Gasteiger partial charge on any atom is -0.472 e. The van der Waals surface area contributed by atoms with Gasteiger partial charge in [0, 0.05) is 11.1 Å². The van der Waals surface area contributed by atoms with Gasteiger partial charge in [-0.25, -0.2) is 0 Å². The Morgan fingerprint density at radius 2 is 2.27 bits per heavy atom. The third kappa shape index (κ3) is 2.22. The zero-order valence-corrected chi connectivity index (χ0v) is 9.95. The van der Waals surface area contributed by atoms with E-state index in [1.54, 1.807) is 12.5 Å². The van der Waals surface area contributed by atoms with Gasteiger partial charge in [-0.05, 0) is 33.5 Å². The average molecular weight is 211 g/mol. The van der Waals surface area contributed by atoms with Crippen molar-refractivity contribution < 1.29 is 4.42 Å². The summed E-state index contributed by atoms with van der Waals surface area (Å²) in [5.74, 6) is 5.65. The molecule has 0 fully saturated rings. The predicted molar refractivity (Wildman–Crippen MR) is 61.2 cm³/mol. The molecule has 15 heavy (non-hydrogen) atoms. The molecule has 0 spiro atoms. The Balaban J connectivity index is 2.99. The van der Waals surface area contributed by atoms with E-state index < -0.39 is 0 Å². The van der Waals surface area contributed by atoms with E-state index in [1.165, 1.54) is 0 Å². The van der Waals surface area contributed by atoms with Crippen molar-refractivity contribution in [3.63, 3.8) is 0 Å². The molecule has 1 rings (SSSR count). The first kappa shape index (κ1) is 12.2.